The summed E-state index contributed by atoms with van der Waals surface area (Å²) < 4.78 is 6.19. The zero-order chi connectivity index (χ0) is 16.4. The molecule has 120 valence electrons. The predicted molar refractivity (Wildman–Crippen MR) is 94.1 cm³/mol. The van der Waals surface area contributed by atoms with E-state index in [0.29, 0.717) is 5.75 Å². The monoisotopic (exact) mass is 320 g/mol. The van der Waals surface area contributed by atoms with E-state index in [0.717, 1.165) is 18.6 Å². The number of benzene rings is 2. The minimum atomic E-state index is -1.12. The molecule has 3 rings (SSSR count). The molecule has 0 amide bonds. The molecule has 2 N–H and O–H groups in total. The van der Waals surface area contributed by atoms with Crippen LogP contribution in [0, 0.1) is 0 Å². The lowest BCUT2D eigenvalue weighted by molar-refractivity contribution is 0.399. The van der Waals surface area contributed by atoms with Gasteiger partial charge in [0.2, 0.25) is 0 Å². The summed E-state index contributed by atoms with van der Waals surface area (Å²) in [5.41, 5.74) is 2.39. The summed E-state index contributed by atoms with van der Waals surface area (Å²) in [6.45, 7) is 2.27. The Hall–Kier alpha value is -1.65. The van der Waals surface area contributed by atoms with E-state index < -0.39 is 10.3 Å². The number of phenolic OH excluding ortho intramolecular Hbond substituents is 1. The van der Waals surface area contributed by atoms with Crippen LogP contribution in [0.15, 0.2) is 48.5 Å². The van der Waals surface area contributed by atoms with Crippen LogP contribution in [0.1, 0.15) is 18.1 Å². The molecule has 22 heavy (non-hydrogen) atoms. The van der Waals surface area contributed by atoms with E-state index in [1.54, 1.807) is 12.1 Å². The Morgan fingerprint density at radius 2 is 1.59 bits per heavy atom. The summed E-state index contributed by atoms with van der Waals surface area (Å²) in [4.78, 5) is 0. The third-order valence-electron chi connectivity index (χ3n) is 3.94. The lowest BCUT2D eigenvalue weighted by atomic mass is 9.77. The Bertz CT molecular complexity index is 637. The highest BCUT2D eigenvalue weighted by molar-refractivity contribution is 8.29. The lowest BCUT2D eigenvalue weighted by Crippen LogP contribution is -2.36. The molecule has 1 atom stereocenters. The van der Waals surface area contributed by atoms with Gasteiger partial charge >= 0.3 is 0 Å². The quantitative estimate of drug-likeness (QED) is 0.843. The SMILES string of the molecule is CC1(c2ccc(O)cc2)CS(C)(C)Oc2ccccc21.CO. The Labute approximate surface area is 134 Å². The standard InChI is InChI=1S/C17H20O2S.CH4O/c1-17(13-8-10-14(18)11-9-13)12-20(2,3)19-16-7-5-4-6-15(16)17;1-2/h4-11,18H,12H2,1-3H3;2H,1H3. The molecular weight excluding hydrogens is 296 g/mol. The van der Waals surface area contributed by atoms with Gasteiger partial charge in [0, 0.05) is 23.8 Å². The van der Waals surface area contributed by atoms with E-state index in [-0.39, 0.29) is 5.41 Å². The van der Waals surface area contributed by atoms with Gasteiger partial charge in [0.25, 0.3) is 0 Å². The molecule has 1 heterocycles. The van der Waals surface area contributed by atoms with Crippen LogP contribution in [0.25, 0.3) is 0 Å². The van der Waals surface area contributed by atoms with E-state index in [4.69, 9.17) is 9.29 Å². The van der Waals surface area contributed by atoms with E-state index in [9.17, 15) is 5.11 Å². The fourth-order valence-corrected chi connectivity index (χ4v) is 5.51. The van der Waals surface area contributed by atoms with Crippen molar-refractivity contribution in [2.24, 2.45) is 0 Å². The molecule has 3 nitrogen and oxygen atoms in total. The fraction of sp³-hybridized carbons (Fsp3) is 0.333. The van der Waals surface area contributed by atoms with Crippen LogP contribution < -0.4 is 4.18 Å². The van der Waals surface area contributed by atoms with Gasteiger partial charge in [-0.05, 0) is 36.3 Å². The third-order valence-corrected chi connectivity index (χ3v) is 5.84. The number of hydrogen-bond donors (Lipinski definition) is 2. The number of para-hydroxylation sites is 1. The largest absolute Gasteiger partial charge is 0.508 e. The molecule has 0 fully saturated rings. The first-order chi connectivity index (χ1) is 10.4. The minimum Gasteiger partial charge on any atom is -0.508 e. The van der Waals surface area contributed by atoms with Crippen molar-refractivity contribution < 1.29 is 14.4 Å². The molecule has 0 aliphatic carbocycles. The molecule has 4 heteroatoms. The molecule has 1 aliphatic rings. The molecule has 0 aromatic heterocycles. The van der Waals surface area contributed by atoms with Gasteiger partial charge in [-0.1, -0.05) is 47.6 Å². The topological polar surface area (TPSA) is 49.7 Å². The van der Waals surface area contributed by atoms with Gasteiger partial charge < -0.3 is 14.4 Å². The Kier molecular flexibility index (Phi) is 4.73. The van der Waals surface area contributed by atoms with E-state index in [1.807, 2.05) is 18.2 Å². The van der Waals surface area contributed by atoms with Crippen molar-refractivity contribution in [2.75, 3.05) is 25.4 Å². The first kappa shape index (κ1) is 16.7. The molecule has 2 aromatic rings. The zero-order valence-corrected chi connectivity index (χ0v) is 14.4. The number of aromatic hydroxyl groups is 1. The maximum atomic E-state index is 9.52. The Morgan fingerprint density at radius 3 is 2.23 bits per heavy atom. The summed E-state index contributed by atoms with van der Waals surface area (Å²) in [6, 6.07) is 15.9. The van der Waals surface area contributed by atoms with Crippen LogP contribution in [0.4, 0.5) is 0 Å². The normalized spacial score (nSPS) is 23.3. The van der Waals surface area contributed by atoms with E-state index in [2.05, 4.69) is 37.6 Å². The maximum Gasteiger partial charge on any atom is 0.138 e. The van der Waals surface area contributed by atoms with Gasteiger partial charge in [0.1, 0.15) is 11.5 Å². The number of aliphatic hydroxyl groups excluding tert-OH is 1. The van der Waals surface area contributed by atoms with Crippen LogP contribution >= 0.6 is 10.3 Å². The molecule has 0 radical (unpaired) electrons. The first-order valence-corrected chi connectivity index (χ1v) is 9.69. The predicted octanol–water partition coefficient (Wildman–Crippen LogP) is 3.68. The second-order valence-corrected chi connectivity index (χ2v) is 9.37. The van der Waals surface area contributed by atoms with E-state index in [1.165, 1.54) is 11.1 Å². The highest BCUT2D eigenvalue weighted by atomic mass is 32.3. The van der Waals surface area contributed by atoms with Crippen molar-refractivity contribution in [1.82, 2.24) is 0 Å². The molecule has 0 saturated carbocycles. The molecule has 2 aromatic carbocycles. The van der Waals surface area contributed by atoms with Crippen LogP contribution in [0.2, 0.25) is 0 Å². The number of aliphatic hydroxyl groups is 1. The smallest absolute Gasteiger partial charge is 0.138 e. The number of hydrogen-bond acceptors (Lipinski definition) is 3. The van der Waals surface area contributed by atoms with Crippen molar-refractivity contribution in [3.05, 3.63) is 59.7 Å². The maximum absolute atomic E-state index is 9.52. The lowest BCUT2D eigenvalue weighted by Gasteiger charge is -2.47. The van der Waals surface area contributed by atoms with Crippen LogP contribution in [0.5, 0.6) is 11.5 Å². The summed E-state index contributed by atoms with van der Waals surface area (Å²) in [7, 11) is -0.125. The molecule has 1 unspecified atom stereocenters. The minimum absolute atomic E-state index is 0.0681. The number of phenols is 1. The summed E-state index contributed by atoms with van der Waals surface area (Å²) in [5.74, 6) is 2.29. The van der Waals surface area contributed by atoms with Crippen molar-refractivity contribution in [3.8, 4) is 11.5 Å². The Morgan fingerprint density at radius 1 is 1.00 bits per heavy atom. The number of rotatable bonds is 1. The van der Waals surface area contributed by atoms with Crippen molar-refractivity contribution in [1.29, 1.82) is 0 Å². The second-order valence-electron chi connectivity index (χ2n) is 6.04. The van der Waals surface area contributed by atoms with Gasteiger partial charge in [0.15, 0.2) is 0 Å². The highest BCUT2D eigenvalue weighted by Gasteiger charge is 2.40. The second kappa shape index (κ2) is 6.23. The number of fused-ring (bicyclic) bond motifs is 1. The zero-order valence-electron chi connectivity index (χ0n) is 13.5. The van der Waals surface area contributed by atoms with Crippen molar-refractivity contribution in [3.63, 3.8) is 0 Å². The molecular formula is C18H24O3S. The summed E-state index contributed by atoms with van der Waals surface area (Å²) in [5, 5.41) is 16.5. The van der Waals surface area contributed by atoms with Gasteiger partial charge in [-0.3, -0.25) is 0 Å². The van der Waals surface area contributed by atoms with Gasteiger partial charge in [-0.2, -0.15) is 0 Å². The third kappa shape index (κ3) is 3.08. The highest BCUT2D eigenvalue weighted by Crippen LogP contribution is 2.56. The fourth-order valence-electron chi connectivity index (χ4n) is 3.11. The van der Waals surface area contributed by atoms with Crippen molar-refractivity contribution in [2.45, 2.75) is 12.3 Å². The van der Waals surface area contributed by atoms with Crippen LogP contribution in [0.3, 0.4) is 0 Å². The summed E-state index contributed by atoms with van der Waals surface area (Å²) >= 11 is 0. The average molecular weight is 320 g/mol. The summed E-state index contributed by atoms with van der Waals surface area (Å²) in [6.07, 6.45) is 4.42. The molecule has 0 bridgehead atoms. The van der Waals surface area contributed by atoms with E-state index >= 15 is 0 Å². The van der Waals surface area contributed by atoms with Gasteiger partial charge in [0.05, 0.1) is 0 Å². The molecule has 0 saturated heterocycles. The van der Waals surface area contributed by atoms with Crippen LogP contribution in [-0.2, 0) is 5.41 Å². The molecule has 1 aliphatic heterocycles. The average Bonchev–Trinajstić information content (AvgIpc) is 2.48. The molecule has 0 spiro atoms. The van der Waals surface area contributed by atoms with Gasteiger partial charge in [-0.15, -0.1) is 0 Å². The van der Waals surface area contributed by atoms with Crippen LogP contribution in [-0.4, -0.2) is 35.6 Å². The first-order valence-electron chi connectivity index (χ1n) is 7.15. The van der Waals surface area contributed by atoms with Crippen molar-refractivity contribution >= 4 is 10.3 Å². The van der Waals surface area contributed by atoms with Gasteiger partial charge in [-0.25, -0.2) is 0 Å². The Balaban J connectivity index is 0.000000847.